The summed E-state index contributed by atoms with van der Waals surface area (Å²) < 4.78 is 10.2. The fourth-order valence-corrected chi connectivity index (χ4v) is 2.06. The Hall–Kier alpha value is -2.24. The van der Waals surface area contributed by atoms with Gasteiger partial charge in [-0.3, -0.25) is 0 Å². The summed E-state index contributed by atoms with van der Waals surface area (Å²) in [7, 11) is 1.61. The summed E-state index contributed by atoms with van der Waals surface area (Å²) >= 11 is 0. The van der Waals surface area contributed by atoms with Gasteiger partial charge in [-0.1, -0.05) is 6.92 Å². The SMILES string of the molecule is CCCOC(=O)C1=C(C)N(C)C(=O)NC1c1ccoc1. The highest BCUT2D eigenvalue weighted by Crippen LogP contribution is 2.30. The van der Waals surface area contributed by atoms with Gasteiger partial charge in [0.15, 0.2) is 0 Å². The summed E-state index contributed by atoms with van der Waals surface area (Å²) in [5.74, 6) is -0.414. The number of nitrogens with zero attached hydrogens (tertiary/aromatic N) is 1. The minimum Gasteiger partial charge on any atom is -0.472 e. The number of esters is 1. The molecule has 1 unspecified atom stereocenters. The Bertz CT molecular complexity index is 533. The second kappa shape index (κ2) is 5.81. The molecule has 6 heteroatoms. The van der Waals surface area contributed by atoms with E-state index in [1.54, 1.807) is 20.0 Å². The predicted octanol–water partition coefficient (Wildman–Crippen LogP) is 2.20. The highest BCUT2D eigenvalue weighted by Gasteiger charge is 2.35. The summed E-state index contributed by atoms with van der Waals surface area (Å²) in [6.07, 6.45) is 3.76. The molecule has 2 amide bonds. The molecule has 108 valence electrons. The van der Waals surface area contributed by atoms with E-state index in [9.17, 15) is 9.59 Å². The highest BCUT2D eigenvalue weighted by molar-refractivity contribution is 5.94. The molecular weight excluding hydrogens is 260 g/mol. The van der Waals surface area contributed by atoms with Crippen molar-refractivity contribution < 1.29 is 18.7 Å². The number of furan rings is 1. The van der Waals surface area contributed by atoms with E-state index in [2.05, 4.69) is 5.32 Å². The van der Waals surface area contributed by atoms with Crippen molar-refractivity contribution in [3.05, 3.63) is 35.4 Å². The van der Waals surface area contributed by atoms with E-state index in [1.165, 1.54) is 17.4 Å². The van der Waals surface area contributed by atoms with Gasteiger partial charge in [-0.2, -0.15) is 0 Å². The Labute approximate surface area is 117 Å². The largest absolute Gasteiger partial charge is 0.472 e. The molecule has 1 aliphatic rings. The first-order valence-electron chi connectivity index (χ1n) is 6.50. The first kappa shape index (κ1) is 14.2. The molecule has 0 saturated carbocycles. The van der Waals surface area contributed by atoms with Crippen LogP contribution in [-0.2, 0) is 9.53 Å². The molecule has 0 aromatic carbocycles. The summed E-state index contributed by atoms with van der Waals surface area (Å²) in [5.41, 5.74) is 1.73. The van der Waals surface area contributed by atoms with Gasteiger partial charge in [-0.25, -0.2) is 9.59 Å². The average molecular weight is 278 g/mol. The molecule has 1 aliphatic heterocycles. The lowest BCUT2D eigenvalue weighted by molar-refractivity contribution is -0.139. The molecule has 0 fully saturated rings. The number of hydrogen-bond donors (Lipinski definition) is 1. The fraction of sp³-hybridized carbons (Fsp3) is 0.429. The van der Waals surface area contributed by atoms with Crippen LogP contribution in [-0.4, -0.2) is 30.6 Å². The zero-order chi connectivity index (χ0) is 14.7. The van der Waals surface area contributed by atoms with Gasteiger partial charge in [-0.05, 0) is 19.4 Å². The second-order valence-electron chi connectivity index (χ2n) is 4.63. The number of nitrogens with one attached hydrogen (secondary N) is 1. The predicted molar refractivity (Wildman–Crippen MR) is 71.7 cm³/mol. The maximum Gasteiger partial charge on any atom is 0.338 e. The first-order chi connectivity index (χ1) is 9.56. The molecule has 1 N–H and O–H groups in total. The normalized spacial score (nSPS) is 19.1. The van der Waals surface area contributed by atoms with Crippen molar-refractivity contribution in [2.75, 3.05) is 13.7 Å². The fourth-order valence-electron chi connectivity index (χ4n) is 2.06. The van der Waals surface area contributed by atoms with Gasteiger partial charge in [-0.15, -0.1) is 0 Å². The van der Waals surface area contributed by atoms with Gasteiger partial charge in [0.05, 0.1) is 30.7 Å². The molecule has 0 aliphatic carbocycles. The smallest absolute Gasteiger partial charge is 0.338 e. The number of carbonyl (C=O) groups excluding carboxylic acids is 2. The number of amides is 2. The van der Waals surface area contributed by atoms with Gasteiger partial charge in [0.1, 0.15) is 0 Å². The number of rotatable bonds is 4. The van der Waals surface area contributed by atoms with E-state index in [-0.39, 0.29) is 6.03 Å². The lowest BCUT2D eigenvalue weighted by atomic mass is 9.97. The highest BCUT2D eigenvalue weighted by atomic mass is 16.5. The Kier molecular flexibility index (Phi) is 4.12. The molecule has 0 bridgehead atoms. The number of hydrogen-bond acceptors (Lipinski definition) is 4. The summed E-state index contributed by atoms with van der Waals surface area (Å²) in [4.78, 5) is 25.5. The van der Waals surface area contributed by atoms with Crippen LogP contribution in [0.2, 0.25) is 0 Å². The molecule has 0 radical (unpaired) electrons. The maximum atomic E-state index is 12.2. The number of carbonyl (C=O) groups is 2. The van der Waals surface area contributed by atoms with Crippen molar-refractivity contribution >= 4 is 12.0 Å². The Morgan fingerprint density at radius 2 is 2.30 bits per heavy atom. The lowest BCUT2D eigenvalue weighted by Gasteiger charge is -2.32. The van der Waals surface area contributed by atoms with Gasteiger partial charge < -0.3 is 19.4 Å². The van der Waals surface area contributed by atoms with Crippen LogP contribution in [0.25, 0.3) is 0 Å². The third-order valence-corrected chi connectivity index (χ3v) is 3.29. The molecule has 2 rings (SSSR count). The number of allylic oxidation sites excluding steroid dienone is 1. The van der Waals surface area contributed by atoms with Crippen molar-refractivity contribution in [1.29, 1.82) is 0 Å². The Morgan fingerprint density at radius 3 is 2.90 bits per heavy atom. The average Bonchev–Trinajstić information content (AvgIpc) is 2.95. The summed E-state index contributed by atoms with van der Waals surface area (Å²) in [6.45, 7) is 4.01. The first-order valence-corrected chi connectivity index (χ1v) is 6.50. The second-order valence-corrected chi connectivity index (χ2v) is 4.63. The van der Waals surface area contributed by atoms with Crippen molar-refractivity contribution in [3.63, 3.8) is 0 Å². The Morgan fingerprint density at radius 1 is 1.55 bits per heavy atom. The van der Waals surface area contributed by atoms with Crippen molar-refractivity contribution in [2.45, 2.75) is 26.3 Å². The minimum atomic E-state index is -0.540. The molecule has 1 aromatic rings. The molecule has 1 aromatic heterocycles. The van der Waals surface area contributed by atoms with Crippen LogP contribution in [0.3, 0.4) is 0 Å². The quantitative estimate of drug-likeness (QED) is 0.857. The summed E-state index contributed by atoms with van der Waals surface area (Å²) in [6, 6.07) is 0.916. The molecule has 0 spiro atoms. The monoisotopic (exact) mass is 278 g/mol. The molecular formula is C14H18N2O4. The van der Waals surface area contributed by atoms with E-state index in [1.807, 2.05) is 6.92 Å². The van der Waals surface area contributed by atoms with Crippen molar-refractivity contribution in [2.24, 2.45) is 0 Å². The molecule has 1 atom stereocenters. The van der Waals surface area contributed by atoms with Crippen molar-refractivity contribution in [1.82, 2.24) is 10.2 Å². The van der Waals surface area contributed by atoms with E-state index < -0.39 is 12.0 Å². The maximum absolute atomic E-state index is 12.2. The molecule has 20 heavy (non-hydrogen) atoms. The lowest BCUT2D eigenvalue weighted by Crippen LogP contribution is -2.46. The topological polar surface area (TPSA) is 71.8 Å². The van der Waals surface area contributed by atoms with Crippen LogP contribution < -0.4 is 5.32 Å². The zero-order valence-electron chi connectivity index (χ0n) is 11.8. The van der Waals surface area contributed by atoms with Crippen LogP contribution in [0.15, 0.2) is 34.3 Å². The van der Waals surface area contributed by atoms with Gasteiger partial charge in [0.2, 0.25) is 0 Å². The summed E-state index contributed by atoms with van der Waals surface area (Å²) in [5, 5.41) is 2.77. The van der Waals surface area contributed by atoms with Crippen LogP contribution in [0.1, 0.15) is 31.9 Å². The Balaban J connectivity index is 2.38. The van der Waals surface area contributed by atoms with E-state index in [4.69, 9.17) is 9.15 Å². The van der Waals surface area contributed by atoms with Gasteiger partial charge in [0.25, 0.3) is 0 Å². The standard InChI is InChI=1S/C14H18N2O4/c1-4-6-20-13(17)11-9(2)16(3)14(18)15-12(11)10-5-7-19-8-10/h5,7-8,12H,4,6H2,1-3H3,(H,15,18). The van der Waals surface area contributed by atoms with Crippen LogP contribution >= 0.6 is 0 Å². The van der Waals surface area contributed by atoms with Gasteiger partial charge in [0, 0.05) is 18.3 Å². The van der Waals surface area contributed by atoms with Crippen LogP contribution in [0.4, 0.5) is 4.79 Å². The third-order valence-electron chi connectivity index (χ3n) is 3.29. The van der Waals surface area contributed by atoms with E-state index >= 15 is 0 Å². The minimum absolute atomic E-state index is 0.263. The van der Waals surface area contributed by atoms with Crippen LogP contribution in [0, 0.1) is 0 Å². The molecule has 0 saturated heterocycles. The third kappa shape index (κ3) is 2.54. The number of urea groups is 1. The van der Waals surface area contributed by atoms with E-state index in [0.29, 0.717) is 23.4 Å². The van der Waals surface area contributed by atoms with Gasteiger partial charge >= 0.3 is 12.0 Å². The van der Waals surface area contributed by atoms with E-state index in [0.717, 1.165) is 6.42 Å². The molecule has 6 nitrogen and oxygen atoms in total. The zero-order valence-corrected chi connectivity index (χ0v) is 11.8. The molecule has 2 heterocycles. The van der Waals surface area contributed by atoms with Crippen LogP contribution in [0.5, 0.6) is 0 Å². The van der Waals surface area contributed by atoms with Crippen molar-refractivity contribution in [3.8, 4) is 0 Å². The number of ether oxygens (including phenoxy) is 1.